The van der Waals surface area contributed by atoms with Crippen molar-refractivity contribution in [3.8, 4) is 0 Å². The van der Waals surface area contributed by atoms with E-state index in [0.29, 0.717) is 0 Å². The maximum atomic E-state index is 3.93. The van der Waals surface area contributed by atoms with Crippen LogP contribution >= 0.6 is 11.3 Å². The number of benzene rings is 1. The Balaban J connectivity index is 2.05. The summed E-state index contributed by atoms with van der Waals surface area (Å²) in [7, 11) is 0. The van der Waals surface area contributed by atoms with Gasteiger partial charge in [0.25, 0.3) is 0 Å². The molecule has 0 aliphatic heterocycles. The molecule has 0 aliphatic rings. The zero-order valence-corrected chi connectivity index (χ0v) is 9.64. The first-order valence-electron chi connectivity index (χ1n) is 4.81. The van der Waals surface area contributed by atoms with Gasteiger partial charge in [0.2, 0.25) is 5.13 Å². The van der Waals surface area contributed by atoms with Crippen molar-refractivity contribution in [2.45, 2.75) is 20.4 Å². The summed E-state index contributed by atoms with van der Waals surface area (Å²) in [6, 6.07) is 6.54. The van der Waals surface area contributed by atoms with Crippen LogP contribution in [0.4, 0.5) is 5.13 Å². The van der Waals surface area contributed by atoms with Gasteiger partial charge >= 0.3 is 0 Å². The van der Waals surface area contributed by atoms with Gasteiger partial charge in [-0.1, -0.05) is 40.7 Å². The van der Waals surface area contributed by atoms with Crippen LogP contribution < -0.4 is 5.32 Å². The molecule has 15 heavy (non-hydrogen) atoms. The molecule has 2 aromatic rings. The summed E-state index contributed by atoms with van der Waals surface area (Å²) in [5, 5.41) is 11.8. The Labute approximate surface area is 93.2 Å². The quantitative estimate of drug-likeness (QED) is 0.862. The number of nitrogens with one attached hydrogen (secondary N) is 1. The van der Waals surface area contributed by atoms with Crippen LogP contribution in [0.15, 0.2) is 23.7 Å². The molecule has 78 valence electrons. The standard InChI is InChI=1S/C11H13N3S/c1-8-3-9(2)5-10(4-8)6-12-11-14-13-7-15-11/h3-5,7H,6H2,1-2H3,(H,12,14). The summed E-state index contributed by atoms with van der Waals surface area (Å²) in [5.74, 6) is 0. The summed E-state index contributed by atoms with van der Waals surface area (Å²) in [4.78, 5) is 0. The van der Waals surface area contributed by atoms with E-state index in [-0.39, 0.29) is 0 Å². The van der Waals surface area contributed by atoms with Crippen molar-refractivity contribution >= 4 is 16.5 Å². The Bertz CT molecular complexity index is 417. The molecule has 1 N–H and O–H groups in total. The third-order valence-electron chi connectivity index (χ3n) is 2.09. The highest BCUT2D eigenvalue weighted by molar-refractivity contribution is 7.13. The lowest BCUT2D eigenvalue weighted by Gasteiger charge is -2.05. The summed E-state index contributed by atoms with van der Waals surface area (Å²) < 4.78 is 0. The van der Waals surface area contributed by atoms with Gasteiger partial charge in [-0.25, -0.2) is 0 Å². The highest BCUT2D eigenvalue weighted by atomic mass is 32.1. The second kappa shape index (κ2) is 4.40. The summed E-state index contributed by atoms with van der Waals surface area (Å²) in [6.45, 7) is 5.03. The average molecular weight is 219 g/mol. The van der Waals surface area contributed by atoms with Crippen LogP contribution in [0.1, 0.15) is 16.7 Å². The second-order valence-electron chi connectivity index (χ2n) is 3.59. The number of nitrogens with zero attached hydrogens (tertiary/aromatic N) is 2. The van der Waals surface area contributed by atoms with Crippen LogP contribution in [0.2, 0.25) is 0 Å². The number of hydrogen-bond acceptors (Lipinski definition) is 4. The fourth-order valence-electron chi connectivity index (χ4n) is 1.60. The highest BCUT2D eigenvalue weighted by Crippen LogP contribution is 2.13. The zero-order chi connectivity index (χ0) is 10.7. The minimum absolute atomic E-state index is 0.803. The largest absolute Gasteiger partial charge is 0.356 e. The predicted molar refractivity (Wildman–Crippen MR) is 63.2 cm³/mol. The van der Waals surface area contributed by atoms with E-state index in [1.807, 2.05) is 0 Å². The lowest BCUT2D eigenvalue weighted by Crippen LogP contribution is -1.99. The average Bonchev–Trinajstić information content (AvgIpc) is 2.65. The first kappa shape index (κ1) is 10.1. The van der Waals surface area contributed by atoms with E-state index in [1.165, 1.54) is 28.0 Å². The van der Waals surface area contributed by atoms with Crippen LogP contribution in [0.3, 0.4) is 0 Å². The topological polar surface area (TPSA) is 37.8 Å². The molecule has 0 radical (unpaired) electrons. The van der Waals surface area contributed by atoms with Crippen molar-refractivity contribution in [1.82, 2.24) is 10.2 Å². The lowest BCUT2D eigenvalue weighted by atomic mass is 10.1. The molecular formula is C11H13N3S. The molecule has 0 aliphatic carbocycles. The van der Waals surface area contributed by atoms with E-state index in [9.17, 15) is 0 Å². The molecule has 0 unspecified atom stereocenters. The van der Waals surface area contributed by atoms with Crippen molar-refractivity contribution < 1.29 is 0 Å². The Morgan fingerprint density at radius 2 is 1.93 bits per heavy atom. The molecule has 1 aromatic carbocycles. The highest BCUT2D eigenvalue weighted by Gasteiger charge is 1.98. The summed E-state index contributed by atoms with van der Waals surface area (Å²) >= 11 is 1.52. The van der Waals surface area contributed by atoms with Gasteiger partial charge in [0.15, 0.2) is 0 Å². The fourth-order valence-corrected chi connectivity index (χ4v) is 2.04. The molecule has 0 bridgehead atoms. The maximum absolute atomic E-state index is 3.93. The molecule has 0 saturated carbocycles. The smallest absolute Gasteiger partial charge is 0.205 e. The van der Waals surface area contributed by atoms with Crippen LogP contribution in [-0.4, -0.2) is 10.2 Å². The zero-order valence-electron chi connectivity index (χ0n) is 8.82. The SMILES string of the molecule is Cc1cc(C)cc(CNc2nncs2)c1. The van der Waals surface area contributed by atoms with Crippen molar-refractivity contribution in [3.63, 3.8) is 0 Å². The molecule has 1 aromatic heterocycles. The number of aromatic nitrogens is 2. The van der Waals surface area contributed by atoms with Gasteiger partial charge in [0.1, 0.15) is 5.51 Å². The van der Waals surface area contributed by atoms with Gasteiger partial charge in [-0.3, -0.25) is 0 Å². The number of hydrogen-bond donors (Lipinski definition) is 1. The van der Waals surface area contributed by atoms with Crippen LogP contribution in [0.5, 0.6) is 0 Å². The number of aryl methyl sites for hydroxylation is 2. The van der Waals surface area contributed by atoms with Crippen molar-refractivity contribution in [2.24, 2.45) is 0 Å². The summed E-state index contributed by atoms with van der Waals surface area (Å²) in [6.07, 6.45) is 0. The number of rotatable bonds is 3. The van der Waals surface area contributed by atoms with Crippen LogP contribution in [0.25, 0.3) is 0 Å². The first-order valence-corrected chi connectivity index (χ1v) is 5.69. The van der Waals surface area contributed by atoms with Gasteiger partial charge in [-0.05, 0) is 19.4 Å². The molecular weight excluding hydrogens is 206 g/mol. The third kappa shape index (κ3) is 2.76. The number of anilines is 1. The van der Waals surface area contributed by atoms with E-state index in [2.05, 4.69) is 47.6 Å². The van der Waals surface area contributed by atoms with Crippen LogP contribution in [-0.2, 0) is 6.54 Å². The predicted octanol–water partition coefficient (Wildman–Crippen LogP) is 2.77. The molecule has 3 nitrogen and oxygen atoms in total. The van der Waals surface area contributed by atoms with E-state index >= 15 is 0 Å². The van der Waals surface area contributed by atoms with Crippen molar-refractivity contribution in [3.05, 3.63) is 40.4 Å². The Morgan fingerprint density at radius 1 is 1.20 bits per heavy atom. The van der Waals surface area contributed by atoms with Crippen molar-refractivity contribution in [2.75, 3.05) is 5.32 Å². The van der Waals surface area contributed by atoms with E-state index in [1.54, 1.807) is 5.51 Å². The fraction of sp³-hybridized carbons (Fsp3) is 0.273. The molecule has 0 atom stereocenters. The normalized spacial score (nSPS) is 10.3. The molecule has 2 rings (SSSR count). The summed E-state index contributed by atoms with van der Waals surface area (Å²) in [5.41, 5.74) is 5.60. The third-order valence-corrected chi connectivity index (χ3v) is 2.73. The van der Waals surface area contributed by atoms with Gasteiger partial charge in [-0.15, -0.1) is 10.2 Å². The molecule has 1 heterocycles. The monoisotopic (exact) mass is 219 g/mol. The van der Waals surface area contributed by atoms with Crippen molar-refractivity contribution in [1.29, 1.82) is 0 Å². The van der Waals surface area contributed by atoms with Gasteiger partial charge in [0, 0.05) is 6.54 Å². The minimum Gasteiger partial charge on any atom is -0.356 e. The molecule has 0 spiro atoms. The van der Waals surface area contributed by atoms with Gasteiger partial charge in [-0.2, -0.15) is 0 Å². The lowest BCUT2D eigenvalue weighted by molar-refractivity contribution is 1.05. The Morgan fingerprint density at radius 3 is 2.53 bits per heavy atom. The molecule has 0 saturated heterocycles. The first-order chi connectivity index (χ1) is 7.24. The van der Waals surface area contributed by atoms with Crippen LogP contribution in [0, 0.1) is 13.8 Å². The molecule has 4 heteroatoms. The Hall–Kier alpha value is -1.42. The maximum Gasteiger partial charge on any atom is 0.205 e. The van der Waals surface area contributed by atoms with Gasteiger partial charge in [0.05, 0.1) is 0 Å². The molecule has 0 amide bonds. The van der Waals surface area contributed by atoms with E-state index in [0.717, 1.165) is 11.7 Å². The van der Waals surface area contributed by atoms with Gasteiger partial charge < -0.3 is 5.32 Å². The second-order valence-corrected chi connectivity index (χ2v) is 4.43. The van der Waals surface area contributed by atoms with E-state index in [4.69, 9.17) is 0 Å². The Kier molecular flexibility index (Phi) is 2.97. The molecule has 0 fully saturated rings. The van der Waals surface area contributed by atoms with E-state index < -0.39 is 0 Å². The minimum atomic E-state index is 0.803.